The van der Waals surface area contributed by atoms with E-state index in [-0.39, 0.29) is 5.82 Å². The lowest BCUT2D eigenvalue weighted by molar-refractivity contribution is 0.100. The molecule has 5 aromatic rings. The molecule has 136 valence electrons. The SMILES string of the molecule is NC(=O)c1cccc2c1c1cc(F)ccc1n2Cc1cccc2ccccc12. The average Bonchev–Trinajstić information content (AvgIpc) is 3.01. The standard InChI is InChI=1S/C24H17FN2O/c25-17-11-12-21-20(13-17)23-19(24(26)28)9-4-10-22(23)27(21)14-16-7-3-6-15-5-1-2-8-18(15)16/h1-13H,14H2,(H2,26,28). The highest BCUT2D eigenvalue weighted by atomic mass is 19.1. The van der Waals surface area contributed by atoms with E-state index in [9.17, 15) is 9.18 Å². The summed E-state index contributed by atoms with van der Waals surface area (Å²) in [6.07, 6.45) is 0. The summed E-state index contributed by atoms with van der Waals surface area (Å²) >= 11 is 0. The zero-order chi connectivity index (χ0) is 19.3. The van der Waals surface area contributed by atoms with Gasteiger partial charge >= 0.3 is 0 Å². The van der Waals surface area contributed by atoms with Crippen molar-refractivity contribution in [3.8, 4) is 0 Å². The maximum absolute atomic E-state index is 14.0. The first kappa shape index (κ1) is 16.5. The van der Waals surface area contributed by atoms with Crippen LogP contribution >= 0.6 is 0 Å². The van der Waals surface area contributed by atoms with Crippen molar-refractivity contribution in [1.29, 1.82) is 0 Å². The molecule has 0 bridgehead atoms. The lowest BCUT2D eigenvalue weighted by atomic mass is 10.0. The minimum atomic E-state index is -0.515. The zero-order valence-corrected chi connectivity index (χ0v) is 15.0. The summed E-state index contributed by atoms with van der Waals surface area (Å²) in [4.78, 5) is 12.0. The van der Waals surface area contributed by atoms with Crippen LogP contribution in [0, 0.1) is 5.82 Å². The van der Waals surface area contributed by atoms with Gasteiger partial charge in [-0.25, -0.2) is 4.39 Å². The zero-order valence-electron chi connectivity index (χ0n) is 15.0. The largest absolute Gasteiger partial charge is 0.366 e. The van der Waals surface area contributed by atoms with E-state index >= 15 is 0 Å². The first-order valence-corrected chi connectivity index (χ1v) is 9.10. The molecule has 0 spiro atoms. The summed E-state index contributed by atoms with van der Waals surface area (Å²) in [5.74, 6) is -0.852. The number of amides is 1. The summed E-state index contributed by atoms with van der Waals surface area (Å²) in [7, 11) is 0. The maximum Gasteiger partial charge on any atom is 0.249 e. The highest BCUT2D eigenvalue weighted by Gasteiger charge is 2.17. The van der Waals surface area contributed by atoms with Gasteiger partial charge in [-0.05, 0) is 46.7 Å². The van der Waals surface area contributed by atoms with Crippen molar-refractivity contribution in [2.24, 2.45) is 5.73 Å². The van der Waals surface area contributed by atoms with Crippen LogP contribution in [0.4, 0.5) is 4.39 Å². The van der Waals surface area contributed by atoms with Gasteiger partial charge in [0.1, 0.15) is 5.82 Å². The van der Waals surface area contributed by atoms with Gasteiger partial charge in [0.05, 0.1) is 5.52 Å². The van der Waals surface area contributed by atoms with Crippen molar-refractivity contribution >= 4 is 38.5 Å². The summed E-state index contributed by atoms with van der Waals surface area (Å²) in [6.45, 7) is 0.606. The molecule has 3 nitrogen and oxygen atoms in total. The Bertz CT molecular complexity index is 1380. The van der Waals surface area contributed by atoms with E-state index in [1.165, 1.54) is 22.9 Å². The second-order valence-corrected chi connectivity index (χ2v) is 6.95. The highest BCUT2D eigenvalue weighted by molar-refractivity contribution is 6.17. The first-order chi connectivity index (χ1) is 13.6. The van der Waals surface area contributed by atoms with Crippen LogP contribution in [0.5, 0.6) is 0 Å². The molecule has 0 radical (unpaired) electrons. The van der Waals surface area contributed by atoms with Gasteiger partial charge in [-0.15, -0.1) is 0 Å². The number of halogens is 1. The Labute approximate surface area is 160 Å². The summed E-state index contributed by atoms with van der Waals surface area (Å²) in [5.41, 5.74) is 8.91. The lowest BCUT2D eigenvalue weighted by Gasteiger charge is -2.11. The number of hydrogen-bond acceptors (Lipinski definition) is 1. The third-order valence-electron chi connectivity index (χ3n) is 5.33. The molecule has 0 fully saturated rings. The summed E-state index contributed by atoms with van der Waals surface area (Å²) < 4.78 is 16.1. The minimum Gasteiger partial charge on any atom is -0.366 e. The van der Waals surface area contributed by atoms with Crippen molar-refractivity contribution in [1.82, 2.24) is 4.57 Å². The van der Waals surface area contributed by atoms with E-state index in [0.717, 1.165) is 16.6 Å². The van der Waals surface area contributed by atoms with Gasteiger partial charge in [0.25, 0.3) is 0 Å². The molecule has 0 unspecified atom stereocenters. The van der Waals surface area contributed by atoms with E-state index in [2.05, 4.69) is 28.8 Å². The predicted octanol–water partition coefficient (Wildman–Crippen LogP) is 5.23. The molecule has 1 heterocycles. The monoisotopic (exact) mass is 368 g/mol. The van der Waals surface area contributed by atoms with Gasteiger partial charge in [0, 0.05) is 28.4 Å². The molecule has 28 heavy (non-hydrogen) atoms. The Balaban J connectivity index is 1.84. The van der Waals surface area contributed by atoms with E-state index in [1.807, 2.05) is 30.3 Å². The number of carbonyl (C=O) groups is 1. The molecule has 1 amide bonds. The molecule has 5 rings (SSSR count). The van der Waals surface area contributed by atoms with Gasteiger partial charge in [-0.2, -0.15) is 0 Å². The lowest BCUT2D eigenvalue weighted by Crippen LogP contribution is -2.11. The topological polar surface area (TPSA) is 48.0 Å². The van der Waals surface area contributed by atoms with Gasteiger partial charge in [-0.3, -0.25) is 4.79 Å². The molecular weight excluding hydrogens is 351 g/mol. The highest BCUT2D eigenvalue weighted by Crippen LogP contribution is 2.33. The Hall–Kier alpha value is -3.66. The number of hydrogen-bond donors (Lipinski definition) is 1. The number of aromatic nitrogens is 1. The van der Waals surface area contributed by atoms with Gasteiger partial charge in [-0.1, -0.05) is 48.5 Å². The van der Waals surface area contributed by atoms with Gasteiger partial charge in [0.2, 0.25) is 5.91 Å². The molecule has 1 aromatic heterocycles. The second kappa shape index (κ2) is 6.20. The Morgan fingerprint density at radius 2 is 1.64 bits per heavy atom. The van der Waals surface area contributed by atoms with Gasteiger partial charge < -0.3 is 10.3 Å². The van der Waals surface area contributed by atoms with E-state index in [4.69, 9.17) is 5.73 Å². The predicted molar refractivity (Wildman–Crippen MR) is 111 cm³/mol. The third kappa shape index (κ3) is 2.46. The Morgan fingerprint density at radius 3 is 2.50 bits per heavy atom. The first-order valence-electron chi connectivity index (χ1n) is 9.10. The molecule has 0 saturated carbocycles. The number of carbonyl (C=O) groups excluding carboxylic acids is 1. The molecular formula is C24H17FN2O. The van der Waals surface area contributed by atoms with Crippen LogP contribution < -0.4 is 5.73 Å². The number of benzene rings is 4. The van der Waals surface area contributed by atoms with E-state index < -0.39 is 5.91 Å². The number of nitrogens with two attached hydrogens (primary N) is 1. The van der Waals surface area contributed by atoms with E-state index in [1.54, 1.807) is 12.1 Å². The minimum absolute atomic E-state index is 0.337. The third-order valence-corrected chi connectivity index (χ3v) is 5.33. The molecule has 0 aliphatic carbocycles. The number of fused-ring (bicyclic) bond motifs is 4. The van der Waals surface area contributed by atoms with Crippen molar-refractivity contribution in [3.05, 3.63) is 95.8 Å². The second-order valence-electron chi connectivity index (χ2n) is 6.95. The number of rotatable bonds is 3. The molecule has 0 aliphatic heterocycles. The van der Waals surface area contributed by atoms with Crippen LogP contribution in [0.2, 0.25) is 0 Å². The van der Waals surface area contributed by atoms with Crippen molar-refractivity contribution in [2.45, 2.75) is 6.54 Å². The van der Waals surface area contributed by atoms with Crippen molar-refractivity contribution < 1.29 is 9.18 Å². The van der Waals surface area contributed by atoms with Crippen LogP contribution in [-0.2, 0) is 6.54 Å². The molecule has 0 atom stereocenters. The van der Waals surface area contributed by atoms with Gasteiger partial charge in [0.15, 0.2) is 0 Å². The molecule has 4 aromatic carbocycles. The quantitative estimate of drug-likeness (QED) is 0.465. The molecule has 2 N–H and O–H groups in total. The van der Waals surface area contributed by atoms with Crippen LogP contribution in [0.15, 0.2) is 78.9 Å². The summed E-state index contributed by atoms with van der Waals surface area (Å²) in [6, 6.07) is 24.6. The van der Waals surface area contributed by atoms with Crippen LogP contribution in [0.25, 0.3) is 32.6 Å². The van der Waals surface area contributed by atoms with Crippen LogP contribution in [-0.4, -0.2) is 10.5 Å². The van der Waals surface area contributed by atoms with E-state index in [0.29, 0.717) is 22.9 Å². The fraction of sp³-hybridized carbons (Fsp3) is 0.0417. The molecule has 0 saturated heterocycles. The average molecular weight is 368 g/mol. The fourth-order valence-electron chi connectivity index (χ4n) is 4.10. The molecule has 4 heteroatoms. The smallest absolute Gasteiger partial charge is 0.249 e. The molecule has 0 aliphatic rings. The summed E-state index contributed by atoms with van der Waals surface area (Å²) in [5, 5.41) is 3.74. The van der Waals surface area contributed by atoms with Crippen molar-refractivity contribution in [3.63, 3.8) is 0 Å². The maximum atomic E-state index is 14.0. The number of primary amides is 1. The van der Waals surface area contributed by atoms with Crippen LogP contribution in [0.3, 0.4) is 0 Å². The Kier molecular flexibility index (Phi) is 3.66. The normalized spacial score (nSPS) is 11.5. The Morgan fingerprint density at radius 1 is 0.857 bits per heavy atom. The number of nitrogens with zero attached hydrogens (tertiary/aromatic N) is 1. The fourth-order valence-corrected chi connectivity index (χ4v) is 4.10. The van der Waals surface area contributed by atoms with Crippen molar-refractivity contribution in [2.75, 3.05) is 0 Å². The van der Waals surface area contributed by atoms with Crippen LogP contribution in [0.1, 0.15) is 15.9 Å².